The first-order valence-electron chi connectivity index (χ1n) is 9.88. The van der Waals surface area contributed by atoms with Crippen molar-refractivity contribution in [3.8, 4) is 0 Å². The number of hydrogen-bond acceptors (Lipinski definition) is 4. The number of hydrogen-bond donors (Lipinski definition) is 1. The van der Waals surface area contributed by atoms with Gasteiger partial charge < -0.3 is 15.1 Å². The van der Waals surface area contributed by atoms with Gasteiger partial charge in [-0.25, -0.2) is 4.98 Å². The lowest BCUT2D eigenvalue weighted by atomic mass is 10.0. The molecule has 1 saturated heterocycles. The zero-order valence-electron chi connectivity index (χ0n) is 16.2. The number of carbonyl (C=O) groups excluding carboxylic acids is 2. The SMILES string of the molecule is Cc1ccccc1CNC(=O)C1(C(=O)N2CCN(c3ccccn3)CC2)CC1. The van der Waals surface area contributed by atoms with Crippen LogP contribution < -0.4 is 10.2 Å². The van der Waals surface area contributed by atoms with Crippen LogP contribution >= 0.6 is 0 Å². The van der Waals surface area contributed by atoms with Gasteiger partial charge in [0.15, 0.2) is 0 Å². The lowest BCUT2D eigenvalue weighted by Gasteiger charge is -2.36. The van der Waals surface area contributed by atoms with Gasteiger partial charge >= 0.3 is 0 Å². The Morgan fingerprint density at radius 3 is 2.39 bits per heavy atom. The molecule has 2 amide bonds. The van der Waals surface area contributed by atoms with Crippen molar-refractivity contribution >= 4 is 17.6 Å². The van der Waals surface area contributed by atoms with Crippen LogP contribution in [0.5, 0.6) is 0 Å². The first-order valence-corrected chi connectivity index (χ1v) is 9.88. The maximum atomic E-state index is 13.1. The maximum Gasteiger partial charge on any atom is 0.238 e. The summed E-state index contributed by atoms with van der Waals surface area (Å²) in [5.41, 5.74) is 1.38. The number of amides is 2. The smallest absolute Gasteiger partial charge is 0.238 e. The predicted octanol–water partition coefficient (Wildman–Crippen LogP) is 2.14. The molecule has 1 aliphatic heterocycles. The number of aryl methyl sites for hydroxylation is 1. The van der Waals surface area contributed by atoms with Crippen LogP contribution in [0.4, 0.5) is 5.82 Å². The Bertz CT molecular complexity index is 856. The first-order chi connectivity index (χ1) is 13.6. The fraction of sp³-hybridized carbons (Fsp3) is 0.409. The quantitative estimate of drug-likeness (QED) is 0.810. The third kappa shape index (κ3) is 3.59. The van der Waals surface area contributed by atoms with Crippen LogP contribution in [0.3, 0.4) is 0 Å². The molecule has 4 rings (SSSR count). The average Bonchev–Trinajstić information content (AvgIpc) is 3.55. The lowest BCUT2D eigenvalue weighted by molar-refractivity contribution is -0.144. The van der Waals surface area contributed by atoms with Crippen LogP contribution in [0.2, 0.25) is 0 Å². The Kier molecular flexibility index (Phi) is 5.03. The lowest BCUT2D eigenvalue weighted by Crippen LogP contribution is -2.53. The highest BCUT2D eigenvalue weighted by Crippen LogP contribution is 2.47. The van der Waals surface area contributed by atoms with Crippen molar-refractivity contribution in [2.75, 3.05) is 31.1 Å². The third-order valence-corrected chi connectivity index (χ3v) is 5.83. The number of pyridine rings is 1. The second-order valence-electron chi connectivity index (χ2n) is 7.66. The van der Waals surface area contributed by atoms with Gasteiger partial charge in [0.2, 0.25) is 11.8 Å². The number of benzene rings is 1. The van der Waals surface area contributed by atoms with Crippen molar-refractivity contribution in [2.45, 2.75) is 26.3 Å². The highest BCUT2D eigenvalue weighted by molar-refractivity contribution is 6.07. The summed E-state index contributed by atoms with van der Waals surface area (Å²) in [4.78, 5) is 34.3. The molecule has 28 heavy (non-hydrogen) atoms. The van der Waals surface area contributed by atoms with E-state index in [-0.39, 0.29) is 11.8 Å². The largest absolute Gasteiger partial charge is 0.353 e. The van der Waals surface area contributed by atoms with Gasteiger partial charge in [-0.05, 0) is 43.0 Å². The zero-order valence-corrected chi connectivity index (χ0v) is 16.2. The summed E-state index contributed by atoms with van der Waals surface area (Å²) in [7, 11) is 0. The van der Waals surface area contributed by atoms with E-state index in [0.717, 1.165) is 30.0 Å². The zero-order chi connectivity index (χ0) is 19.6. The van der Waals surface area contributed by atoms with Gasteiger partial charge in [0.05, 0.1) is 0 Å². The van der Waals surface area contributed by atoms with E-state index >= 15 is 0 Å². The Balaban J connectivity index is 1.34. The van der Waals surface area contributed by atoms with Gasteiger partial charge in [-0.15, -0.1) is 0 Å². The molecule has 6 nitrogen and oxygen atoms in total. The van der Waals surface area contributed by atoms with Crippen molar-refractivity contribution < 1.29 is 9.59 Å². The van der Waals surface area contributed by atoms with E-state index in [1.807, 2.05) is 54.3 Å². The summed E-state index contributed by atoms with van der Waals surface area (Å²) in [6.45, 7) is 5.23. The minimum atomic E-state index is -0.851. The summed E-state index contributed by atoms with van der Waals surface area (Å²) in [5.74, 6) is 0.787. The predicted molar refractivity (Wildman–Crippen MR) is 108 cm³/mol. The number of nitrogens with zero attached hydrogens (tertiary/aromatic N) is 3. The third-order valence-electron chi connectivity index (χ3n) is 5.83. The van der Waals surface area contributed by atoms with Gasteiger partial charge in [-0.1, -0.05) is 30.3 Å². The van der Waals surface area contributed by atoms with E-state index in [9.17, 15) is 9.59 Å². The summed E-state index contributed by atoms with van der Waals surface area (Å²) in [6, 6.07) is 13.8. The molecular formula is C22H26N4O2. The average molecular weight is 378 g/mol. The Hall–Kier alpha value is -2.89. The highest BCUT2D eigenvalue weighted by Gasteiger charge is 2.58. The molecule has 2 aliphatic rings. The summed E-state index contributed by atoms with van der Waals surface area (Å²) in [5, 5.41) is 2.99. The van der Waals surface area contributed by atoms with E-state index < -0.39 is 5.41 Å². The Morgan fingerprint density at radius 1 is 1.04 bits per heavy atom. The molecule has 0 bridgehead atoms. The molecule has 1 aliphatic carbocycles. The summed E-state index contributed by atoms with van der Waals surface area (Å²) < 4.78 is 0. The number of carbonyl (C=O) groups is 2. The number of aromatic nitrogens is 1. The number of anilines is 1. The van der Waals surface area contributed by atoms with Gasteiger partial charge in [0.25, 0.3) is 0 Å². The fourth-order valence-electron chi connectivity index (χ4n) is 3.80. The molecule has 0 spiro atoms. The van der Waals surface area contributed by atoms with Crippen LogP contribution in [0.15, 0.2) is 48.7 Å². The minimum absolute atomic E-state index is 0.0181. The molecule has 1 N–H and O–H groups in total. The molecule has 1 aromatic heterocycles. The maximum absolute atomic E-state index is 13.1. The van der Waals surface area contributed by atoms with Crippen molar-refractivity contribution in [3.63, 3.8) is 0 Å². The van der Waals surface area contributed by atoms with Gasteiger partial charge in [0, 0.05) is 38.9 Å². The molecule has 6 heteroatoms. The van der Waals surface area contributed by atoms with E-state index in [0.29, 0.717) is 32.5 Å². The van der Waals surface area contributed by atoms with Crippen molar-refractivity contribution in [2.24, 2.45) is 5.41 Å². The fourth-order valence-corrected chi connectivity index (χ4v) is 3.80. The van der Waals surface area contributed by atoms with Crippen molar-refractivity contribution in [1.82, 2.24) is 15.2 Å². The highest BCUT2D eigenvalue weighted by atomic mass is 16.2. The molecule has 0 radical (unpaired) electrons. The van der Waals surface area contributed by atoms with Crippen LogP contribution in [-0.4, -0.2) is 47.9 Å². The van der Waals surface area contributed by atoms with Crippen LogP contribution in [0.1, 0.15) is 24.0 Å². The van der Waals surface area contributed by atoms with Crippen LogP contribution in [-0.2, 0) is 16.1 Å². The molecular weight excluding hydrogens is 352 g/mol. The molecule has 1 aromatic carbocycles. The van der Waals surface area contributed by atoms with Crippen LogP contribution in [0, 0.1) is 12.3 Å². The van der Waals surface area contributed by atoms with Gasteiger partial charge in [-0.3, -0.25) is 9.59 Å². The molecule has 2 fully saturated rings. The second kappa shape index (κ2) is 7.62. The normalized spacial score (nSPS) is 17.9. The topological polar surface area (TPSA) is 65.5 Å². The number of rotatable bonds is 5. The van der Waals surface area contributed by atoms with Crippen LogP contribution in [0.25, 0.3) is 0 Å². The minimum Gasteiger partial charge on any atom is -0.353 e. The molecule has 1 saturated carbocycles. The second-order valence-corrected chi connectivity index (χ2v) is 7.66. The number of nitrogens with one attached hydrogen (secondary N) is 1. The summed E-state index contributed by atoms with van der Waals surface area (Å²) >= 11 is 0. The Labute approximate surface area is 165 Å². The molecule has 2 aromatic rings. The van der Waals surface area contributed by atoms with Crippen molar-refractivity contribution in [1.29, 1.82) is 0 Å². The van der Waals surface area contributed by atoms with Gasteiger partial charge in [0.1, 0.15) is 11.2 Å². The molecule has 0 unspecified atom stereocenters. The van der Waals surface area contributed by atoms with Crippen molar-refractivity contribution in [3.05, 3.63) is 59.8 Å². The first kappa shape index (κ1) is 18.5. The van der Waals surface area contributed by atoms with E-state index in [4.69, 9.17) is 0 Å². The monoisotopic (exact) mass is 378 g/mol. The van der Waals surface area contributed by atoms with E-state index in [2.05, 4.69) is 15.2 Å². The standard InChI is InChI=1S/C22H26N4O2/c1-17-6-2-3-7-18(17)16-24-20(27)22(9-10-22)21(28)26-14-12-25(13-15-26)19-8-4-5-11-23-19/h2-8,11H,9-10,12-16H2,1H3,(H,24,27). The number of piperazine rings is 1. The van der Waals surface area contributed by atoms with Gasteiger partial charge in [-0.2, -0.15) is 0 Å². The molecule has 2 heterocycles. The molecule has 146 valence electrons. The summed E-state index contributed by atoms with van der Waals surface area (Å²) in [6.07, 6.45) is 3.07. The van der Waals surface area contributed by atoms with E-state index in [1.165, 1.54) is 0 Å². The molecule has 0 atom stereocenters. The Morgan fingerprint density at radius 2 is 1.75 bits per heavy atom. The van der Waals surface area contributed by atoms with E-state index in [1.54, 1.807) is 6.20 Å².